The number of carbonyl (C=O) groups excluding carboxylic acids is 1. The molecule has 0 spiro atoms. The molecule has 7 heteroatoms. The van der Waals surface area contributed by atoms with E-state index in [1.807, 2.05) is 19.1 Å². The minimum Gasteiger partial charge on any atom is -0.494 e. The number of hydrogen-bond donors (Lipinski definition) is 1. The van der Waals surface area contributed by atoms with Crippen molar-refractivity contribution in [1.29, 1.82) is 5.26 Å². The molecule has 1 N–H and O–H groups in total. The number of halogens is 2. The molecule has 0 saturated carbocycles. The number of anilines is 1. The van der Waals surface area contributed by atoms with Gasteiger partial charge in [0.1, 0.15) is 29.7 Å². The summed E-state index contributed by atoms with van der Waals surface area (Å²) in [6.45, 7) is 6.38. The van der Waals surface area contributed by atoms with Crippen LogP contribution < -0.4 is 14.8 Å². The third-order valence-electron chi connectivity index (χ3n) is 3.47. The third-order valence-corrected chi connectivity index (χ3v) is 4.52. The summed E-state index contributed by atoms with van der Waals surface area (Å²) in [7, 11) is 0. The summed E-state index contributed by atoms with van der Waals surface area (Å²) in [5, 5.41) is 12.2. The average Bonchev–Trinajstić information content (AvgIpc) is 2.67. The van der Waals surface area contributed by atoms with E-state index in [0.717, 1.165) is 4.47 Å². The van der Waals surface area contributed by atoms with E-state index >= 15 is 0 Å². The second-order valence-corrected chi connectivity index (χ2v) is 7.26. The number of hydrogen-bond acceptors (Lipinski definition) is 4. The topological polar surface area (TPSA) is 71.3 Å². The molecular formula is C21H18Br2N2O3. The molecule has 0 aliphatic rings. The van der Waals surface area contributed by atoms with Crippen LogP contribution in [0, 0.1) is 11.3 Å². The maximum atomic E-state index is 12.5. The predicted octanol–water partition coefficient (Wildman–Crippen LogP) is 5.72. The molecule has 0 bridgehead atoms. The highest BCUT2D eigenvalue weighted by Gasteiger charge is 2.14. The third kappa shape index (κ3) is 5.98. The summed E-state index contributed by atoms with van der Waals surface area (Å²) in [6.07, 6.45) is 3.10. The first-order valence-corrected chi connectivity index (χ1v) is 9.95. The van der Waals surface area contributed by atoms with Gasteiger partial charge >= 0.3 is 0 Å². The Morgan fingerprint density at radius 3 is 2.57 bits per heavy atom. The summed E-state index contributed by atoms with van der Waals surface area (Å²) in [5.41, 5.74) is 1.09. The first-order chi connectivity index (χ1) is 13.5. The largest absolute Gasteiger partial charge is 0.494 e. The van der Waals surface area contributed by atoms with Crippen molar-refractivity contribution in [2.75, 3.05) is 18.5 Å². The number of nitrogens with zero attached hydrogens (tertiary/aromatic N) is 1. The van der Waals surface area contributed by atoms with Gasteiger partial charge in [-0.1, -0.05) is 28.6 Å². The van der Waals surface area contributed by atoms with Crippen LogP contribution in [0.1, 0.15) is 12.5 Å². The molecule has 0 heterocycles. The second-order valence-electron chi connectivity index (χ2n) is 5.49. The number of benzene rings is 2. The van der Waals surface area contributed by atoms with Crippen molar-refractivity contribution in [3.63, 3.8) is 0 Å². The lowest BCUT2D eigenvalue weighted by atomic mass is 10.1. The number of ether oxygens (including phenoxy) is 2. The molecule has 5 nitrogen and oxygen atoms in total. The number of nitrogens with one attached hydrogen (secondary N) is 1. The predicted molar refractivity (Wildman–Crippen MR) is 117 cm³/mol. The molecule has 0 aliphatic heterocycles. The van der Waals surface area contributed by atoms with Crippen molar-refractivity contribution < 1.29 is 14.3 Å². The maximum Gasteiger partial charge on any atom is 0.266 e. The quantitative estimate of drug-likeness (QED) is 0.283. The van der Waals surface area contributed by atoms with E-state index in [1.165, 1.54) is 6.08 Å². The zero-order valence-electron chi connectivity index (χ0n) is 15.2. The molecule has 2 aromatic carbocycles. The normalized spacial score (nSPS) is 10.7. The minimum absolute atomic E-state index is 0.0534. The smallest absolute Gasteiger partial charge is 0.266 e. The average molecular weight is 506 g/mol. The van der Waals surface area contributed by atoms with Gasteiger partial charge in [0.25, 0.3) is 5.91 Å². The Kier molecular flexibility index (Phi) is 8.30. The fourth-order valence-corrected chi connectivity index (χ4v) is 3.66. The molecule has 0 aromatic heterocycles. The van der Waals surface area contributed by atoms with Gasteiger partial charge in [0, 0.05) is 15.7 Å². The van der Waals surface area contributed by atoms with Crippen LogP contribution in [0.5, 0.6) is 11.5 Å². The molecule has 0 radical (unpaired) electrons. The highest BCUT2D eigenvalue weighted by Crippen LogP contribution is 2.34. The Balaban J connectivity index is 2.28. The van der Waals surface area contributed by atoms with Crippen molar-refractivity contribution in [3.05, 3.63) is 69.1 Å². The molecule has 0 fully saturated rings. The van der Waals surface area contributed by atoms with Gasteiger partial charge in [-0.2, -0.15) is 5.26 Å². The molecule has 1 amide bonds. The van der Waals surface area contributed by atoms with E-state index < -0.39 is 5.91 Å². The zero-order valence-corrected chi connectivity index (χ0v) is 18.3. The molecule has 144 valence electrons. The van der Waals surface area contributed by atoms with E-state index in [0.29, 0.717) is 40.4 Å². The van der Waals surface area contributed by atoms with Crippen molar-refractivity contribution in [2.45, 2.75) is 6.92 Å². The van der Waals surface area contributed by atoms with Gasteiger partial charge in [-0.25, -0.2) is 0 Å². The standard InChI is InChI=1S/C21H18Br2N2O3/c1-3-9-28-20-14(11-16(22)12-19(20)23)10-15(13-24)21(26)25-17-5-7-18(8-6-17)27-4-2/h3,5-8,10-12H,1,4,9H2,2H3,(H,25,26)/b15-10+. The lowest BCUT2D eigenvalue weighted by molar-refractivity contribution is -0.112. The van der Waals surface area contributed by atoms with Gasteiger partial charge in [0.15, 0.2) is 0 Å². The van der Waals surface area contributed by atoms with E-state index in [1.54, 1.807) is 36.4 Å². The van der Waals surface area contributed by atoms with Crippen LogP contribution in [0.25, 0.3) is 6.08 Å². The highest BCUT2D eigenvalue weighted by molar-refractivity contribution is 9.11. The van der Waals surface area contributed by atoms with Crippen LogP contribution in [0.2, 0.25) is 0 Å². The Morgan fingerprint density at radius 1 is 1.25 bits per heavy atom. The van der Waals surface area contributed by atoms with Gasteiger partial charge in [-0.15, -0.1) is 0 Å². The first-order valence-electron chi connectivity index (χ1n) is 8.37. The van der Waals surface area contributed by atoms with E-state index in [9.17, 15) is 10.1 Å². The Hall–Kier alpha value is -2.56. The molecule has 2 aromatic rings. The van der Waals surface area contributed by atoms with Gasteiger partial charge in [-0.05, 0) is 65.3 Å². The van der Waals surface area contributed by atoms with Crippen LogP contribution in [-0.2, 0) is 4.79 Å². The summed E-state index contributed by atoms with van der Waals surface area (Å²) in [5.74, 6) is 0.710. The molecule has 0 saturated heterocycles. The van der Waals surface area contributed by atoms with Crippen LogP contribution in [0.3, 0.4) is 0 Å². The van der Waals surface area contributed by atoms with Crippen molar-refractivity contribution in [2.24, 2.45) is 0 Å². The van der Waals surface area contributed by atoms with Gasteiger partial charge in [0.05, 0.1) is 11.1 Å². The second kappa shape index (κ2) is 10.7. The van der Waals surface area contributed by atoms with Crippen molar-refractivity contribution in [3.8, 4) is 17.6 Å². The molecular weight excluding hydrogens is 488 g/mol. The molecule has 0 aliphatic carbocycles. The van der Waals surface area contributed by atoms with E-state index in [2.05, 4.69) is 43.8 Å². The van der Waals surface area contributed by atoms with Gasteiger partial charge in [-0.3, -0.25) is 4.79 Å². The summed E-state index contributed by atoms with van der Waals surface area (Å²) < 4.78 is 12.5. The maximum absolute atomic E-state index is 12.5. The number of amides is 1. The van der Waals surface area contributed by atoms with Crippen LogP contribution in [0.4, 0.5) is 5.69 Å². The molecule has 2 rings (SSSR count). The summed E-state index contributed by atoms with van der Waals surface area (Å²) in [6, 6.07) is 12.5. The fourth-order valence-electron chi connectivity index (χ4n) is 2.29. The Morgan fingerprint density at radius 2 is 1.96 bits per heavy atom. The SMILES string of the molecule is C=CCOc1c(Br)cc(Br)cc1/C=C(\C#N)C(=O)Nc1ccc(OCC)cc1. The molecule has 28 heavy (non-hydrogen) atoms. The van der Waals surface area contributed by atoms with Crippen LogP contribution in [0.15, 0.2) is 63.6 Å². The molecule has 0 atom stereocenters. The van der Waals surface area contributed by atoms with Gasteiger partial charge < -0.3 is 14.8 Å². The number of carbonyl (C=O) groups is 1. The monoisotopic (exact) mass is 504 g/mol. The Bertz CT molecular complexity index is 932. The highest BCUT2D eigenvalue weighted by atomic mass is 79.9. The minimum atomic E-state index is -0.516. The van der Waals surface area contributed by atoms with Crippen LogP contribution >= 0.6 is 31.9 Å². The number of nitriles is 1. The fraction of sp³-hybridized carbons (Fsp3) is 0.143. The lowest BCUT2D eigenvalue weighted by Gasteiger charge is -2.11. The van der Waals surface area contributed by atoms with Crippen molar-refractivity contribution in [1.82, 2.24) is 0 Å². The zero-order chi connectivity index (χ0) is 20.5. The van der Waals surface area contributed by atoms with Crippen LogP contribution in [-0.4, -0.2) is 19.1 Å². The first kappa shape index (κ1) is 21.7. The van der Waals surface area contributed by atoms with Crippen molar-refractivity contribution >= 4 is 49.5 Å². The summed E-state index contributed by atoms with van der Waals surface area (Å²) >= 11 is 6.84. The Labute approximate surface area is 180 Å². The van der Waals surface area contributed by atoms with E-state index in [-0.39, 0.29) is 5.57 Å². The lowest BCUT2D eigenvalue weighted by Crippen LogP contribution is -2.13. The molecule has 0 unspecified atom stereocenters. The summed E-state index contributed by atoms with van der Waals surface area (Å²) in [4.78, 5) is 12.5. The number of rotatable bonds is 8. The van der Waals surface area contributed by atoms with Gasteiger partial charge in [0.2, 0.25) is 0 Å². The van der Waals surface area contributed by atoms with E-state index in [4.69, 9.17) is 9.47 Å².